The van der Waals surface area contributed by atoms with Gasteiger partial charge in [0.1, 0.15) is 0 Å². The Hall–Kier alpha value is -0.0151. The maximum absolute atomic E-state index is 3.26. The van der Waals surface area contributed by atoms with Gasteiger partial charge in [0.2, 0.25) is 6.85 Å². The van der Waals surface area contributed by atoms with Crippen LogP contribution in [-0.4, -0.2) is 26.9 Å². The van der Waals surface area contributed by atoms with E-state index in [1.165, 1.54) is 12.9 Å². The summed E-state index contributed by atoms with van der Waals surface area (Å²) in [6.07, 6.45) is 2.44. The lowest BCUT2D eigenvalue weighted by Crippen LogP contribution is -2.32. The fourth-order valence-electron chi connectivity index (χ4n) is 0.901. The molecule has 0 atom stereocenters. The summed E-state index contributed by atoms with van der Waals surface area (Å²) in [6.45, 7) is 1.92. The molecular formula is C4H11BN2. The molecule has 2 N–H and O–H groups in total. The summed E-state index contributed by atoms with van der Waals surface area (Å²) in [6, 6.07) is 0. The van der Waals surface area contributed by atoms with Crippen molar-refractivity contribution >= 4 is 6.85 Å². The Kier molecular flexibility index (Phi) is 1.71. The summed E-state index contributed by atoms with van der Waals surface area (Å²) in [5, 5.41) is 6.46. The van der Waals surface area contributed by atoms with Crippen molar-refractivity contribution in [3.63, 3.8) is 0 Å². The summed E-state index contributed by atoms with van der Waals surface area (Å²) in [5.41, 5.74) is 0. The van der Waals surface area contributed by atoms with Crippen molar-refractivity contribution in [3.8, 4) is 0 Å². The number of hydrogen-bond acceptors (Lipinski definition) is 2. The van der Waals surface area contributed by atoms with Crippen molar-refractivity contribution < 1.29 is 0 Å². The fraction of sp³-hybridized carbons (Fsp3) is 1.00. The lowest BCUT2D eigenvalue weighted by molar-refractivity contribution is 0.879. The molecule has 0 spiro atoms. The normalized spacial score (nSPS) is 21.0. The minimum atomic E-state index is 0.736. The van der Waals surface area contributed by atoms with Gasteiger partial charge < -0.3 is 10.5 Å². The summed E-state index contributed by atoms with van der Waals surface area (Å²) >= 11 is 0. The molecule has 0 aromatic carbocycles. The van der Waals surface area contributed by atoms with Gasteiger partial charge in [0.25, 0.3) is 0 Å². The van der Waals surface area contributed by atoms with E-state index in [-0.39, 0.29) is 0 Å². The van der Waals surface area contributed by atoms with Crippen LogP contribution in [0.5, 0.6) is 0 Å². The summed E-state index contributed by atoms with van der Waals surface area (Å²) in [7, 11) is 2.01. The first-order valence-corrected chi connectivity index (χ1v) is 2.81. The molecule has 1 rings (SSSR count). The lowest BCUT2D eigenvalue weighted by Gasteiger charge is -1.96. The zero-order valence-electron chi connectivity index (χ0n) is 4.70. The van der Waals surface area contributed by atoms with Crippen LogP contribution in [0.4, 0.5) is 0 Å². The molecule has 1 aliphatic heterocycles. The first-order valence-electron chi connectivity index (χ1n) is 2.81. The van der Waals surface area contributed by atoms with Crippen LogP contribution in [0.1, 0.15) is 0 Å². The molecule has 1 saturated heterocycles. The monoisotopic (exact) mass is 98.1 g/mol. The van der Waals surface area contributed by atoms with Gasteiger partial charge in [0.05, 0.1) is 0 Å². The highest BCUT2D eigenvalue weighted by molar-refractivity contribution is 6.57. The molecule has 0 saturated carbocycles. The van der Waals surface area contributed by atoms with Crippen molar-refractivity contribution in [1.82, 2.24) is 10.5 Å². The van der Waals surface area contributed by atoms with Crippen molar-refractivity contribution in [2.75, 3.05) is 20.0 Å². The first kappa shape index (κ1) is 5.13. The van der Waals surface area contributed by atoms with Crippen LogP contribution in [0.25, 0.3) is 0 Å². The van der Waals surface area contributed by atoms with E-state index in [1.807, 2.05) is 7.05 Å². The maximum atomic E-state index is 3.26. The van der Waals surface area contributed by atoms with Gasteiger partial charge in [0, 0.05) is 0 Å². The SMILES string of the molecule is CNB1CCNC1. The molecule has 0 aromatic rings. The minimum absolute atomic E-state index is 0.736. The smallest absolute Gasteiger partial charge is 0.235 e. The second-order valence-corrected chi connectivity index (χ2v) is 1.98. The Bertz CT molecular complexity index is 51.7. The van der Waals surface area contributed by atoms with Crippen molar-refractivity contribution in [2.24, 2.45) is 0 Å². The molecule has 3 heteroatoms. The summed E-state index contributed by atoms with van der Waals surface area (Å²) < 4.78 is 0. The van der Waals surface area contributed by atoms with E-state index in [0.717, 1.165) is 13.3 Å². The number of rotatable bonds is 1. The average Bonchev–Trinajstić information content (AvgIpc) is 2.14. The molecule has 0 aliphatic carbocycles. The summed E-state index contributed by atoms with van der Waals surface area (Å²) in [4.78, 5) is 0. The Morgan fingerprint density at radius 1 is 1.71 bits per heavy atom. The van der Waals surface area contributed by atoms with E-state index in [4.69, 9.17) is 0 Å². The Labute approximate surface area is 44.8 Å². The second kappa shape index (κ2) is 2.33. The van der Waals surface area contributed by atoms with Gasteiger partial charge in [-0.15, -0.1) is 0 Å². The zero-order valence-corrected chi connectivity index (χ0v) is 4.70. The third kappa shape index (κ3) is 1.18. The van der Waals surface area contributed by atoms with Crippen LogP contribution in [0, 0.1) is 0 Å². The van der Waals surface area contributed by atoms with Crippen LogP contribution >= 0.6 is 0 Å². The molecule has 1 aliphatic rings. The highest BCUT2D eigenvalue weighted by atomic mass is 14.9. The van der Waals surface area contributed by atoms with Crippen LogP contribution in [-0.2, 0) is 0 Å². The Morgan fingerprint density at radius 3 is 2.86 bits per heavy atom. The topological polar surface area (TPSA) is 24.1 Å². The van der Waals surface area contributed by atoms with Crippen LogP contribution in [0.3, 0.4) is 0 Å². The standard InChI is InChI=1S/C4H11BN2/c1-6-5-2-3-7-4-5/h6-7H,2-4H2,1H3. The fourth-order valence-corrected chi connectivity index (χ4v) is 0.901. The zero-order chi connectivity index (χ0) is 5.11. The quantitative estimate of drug-likeness (QED) is 0.425. The van der Waals surface area contributed by atoms with E-state index in [2.05, 4.69) is 10.5 Å². The van der Waals surface area contributed by atoms with Crippen molar-refractivity contribution in [2.45, 2.75) is 6.32 Å². The van der Waals surface area contributed by atoms with Crippen LogP contribution in [0.2, 0.25) is 6.32 Å². The molecule has 0 radical (unpaired) electrons. The average molecular weight is 98.0 g/mol. The number of nitrogens with one attached hydrogen (secondary N) is 2. The predicted molar refractivity (Wildman–Crippen MR) is 32.5 cm³/mol. The van der Waals surface area contributed by atoms with Gasteiger partial charge in [-0.1, -0.05) is 0 Å². The molecule has 1 fully saturated rings. The van der Waals surface area contributed by atoms with E-state index in [0.29, 0.717) is 0 Å². The van der Waals surface area contributed by atoms with Crippen molar-refractivity contribution in [1.29, 1.82) is 0 Å². The van der Waals surface area contributed by atoms with Gasteiger partial charge in [-0.05, 0) is 26.4 Å². The van der Waals surface area contributed by atoms with E-state index in [9.17, 15) is 0 Å². The first-order chi connectivity index (χ1) is 3.43. The summed E-state index contributed by atoms with van der Waals surface area (Å²) in [5.74, 6) is 0. The number of hydrogen-bond donors (Lipinski definition) is 2. The highest BCUT2D eigenvalue weighted by Gasteiger charge is 2.15. The molecule has 0 amide bonds. The Balaban J connectivity index is 2.14. The molecule has 40 valence electrons. The third-order valence-corrected chi connectivity index (χ3v) is 1.47. The highest BCUT2D eigenvalue weighted by Crippen LogP contribution is 1.90. The van der Waals surface area contributed by atoms with Crippen LogP contribution in [0.15, 0.2) is 0 Å². The molecule has 0 aromatic heterocycles. The molecule has 1 heterocycles. The largest absolute Gasteiger partial charge is 0.357 e. The molecule has 2 nitrogen and oxygen atoms in total. The third-order valence-electron chi connectivity index (χ3n) is 1.47. The second-order valence-electron chi connectivity index (χ2n) is 1.98. The van der Waals surface area contributed by atoms with Gasteiger partial charge in [-0.3, -0.25) is 0 Å². The maximum Gasteiger partial charge on any atom is 0.235 e. The van der Waals surface area contributed by atoms with E-state index >= 15 is 0 Å². The van der Waals surface area contributed by atoms with E-state index in [1.54, 1.807) is 0 Å². The minimum Gasteiger partial charge on any atom is -0.357 e. The van der Waals surface area contributed by atoms with Crippen LogP contribution < -0.4 is 10.5 Å². The molecular weight excluding hydrogens is 86.9 g/mol. The van der Waals surface area contributed by atoms with Gasteiger partial charge in [0.15, 0.2) is 0 Å². The van der Waals surface area contributed by atoms with E-state index < -0.39 is 0 Å². The van der Waals surface area contributed by atoms with Gasteiger partial charge in [-0.25, -0.2) is 0 Å². The molecule has 7 heavy (non-hydrogen) atoms. The molecule has 0 bridgehead atoms. The lowest BCUT2D eigenvalue weighted by atomic mass is 9.62. The Morgan fingerprint density at radius 2 is 2.57 bits per heavy atom. The predicted octanol–water partition coefficient (Wildman–Crippen LogP) is -0.660. The van der Waals surface area contributed by atoms with Gasteiger partial charge in [-0.2, -0.15) is 0 Å². The van der Waals surface area contributed by atoms with Crippen molar-refractivity contribution in [3.05, 3.63) is 0 Å². The molecule has 0 unspecified atom stereocenters. The van der Waals surface area contributed by atoms with Gasteiger partial charge >= 0.3 is 0 Å².